The predicted octanol–water partition coefficient (Wildman–Crippen LogP) is -2.24. The SMILES string of the molecule is C[C@H](C(=O)NC(N)=O)N1CCN(S(=O)(=O)N2CCOCC2)CC1. The zero-order chi connectivity index (χ0) is 17.0. The molecule has 0 unspecified atom stereocenters. The molecule has 11 heteroatoms. The number of piperazine rings is 1. The number of nitrogens with two attached hydrogens (primary N) is 1. The average molecular weight is 349 g/mol. The summed E-state index contributed by atoms with van der Waals surface area (Å²) >= 11 is 0. The van der Waals surface area contributed by atoms with Crippen molar-refractivity contribution in [1.82, 2.24) is 18.8 Å². The summed E-state index contributed by atoms with van der Waals surface area (Å²) in [5.41, 5.74) is 4.93. The molecule has 1 atom stereocenters. The van der Waals surface area contributed by atoms with E-state index in [-0.39, 0.29) is 0 Å². The van der Waals surface area contributed by atoms with Gasteiger partial charge >= 0.3 is 6.03 Å². The summed E-state index contributed by atoms with van der Waals surface area (Å²) in [5, 5.41) is 2.04. The smallest absolute Gasteiger partial charge is 0.318 e. The van der Waals surface area contributed by atoms with E-state index in [0.717, 1.165) is 0 Å². The number of hydrogen-bond acceptors (Lipinski definition) is 6. The Kier molecular flexibility index (Phi) is 5.92. The first kappa shape index (κ1) is 18.1. The van der Waals surface area contributed by atoms with E-state index in [4.69, 9.17) is 10.5 Å². The van der Waals surface area contributed by atoms with Crippen molar-refractivity contribution in [2.45, 2.75) is 13.0 Å². The summed E-state index contributed by atoms with van der Waals surface area (Å²) in [7, 11) is -3.49. The minimum atomic E-state index is -3.49. The molecule has 2 rings (SSSR count). The first-order valence-corrected chi connectivity index (χ1v) is 8.89. The van der Waals surface area contributed by atoms with E-state index in [2.05, 4.69) is 0 Å². The Bertz CT molecular complexity index is 540. The van der Waals surface area contributed by atoms with Crippen LogP contribution in [-0.4, -0.2) is 92.4 Å². The van der Waals surface area contributed by atoms with Crippen molar-refractivity contribution >= 4 is 22.1 Å². The lowest BCUT2D eigenvalue weighted by Crippen LogP contribution is -2.58. The van der Waals surface area contributed by atoms with E-state index >= 15 is 0 Å². The zero-order valence-electron chi connectivity index (χ0n) is 13.1. The van der Waals surface area contributed by atoms with Crippen LogP contribution in [0.15, 0.2) is 0 Å². The van der Waals surface area contributed by atoms with Gasteiger partial charge in [0, 0.05) is 39.3 Å². The molecular formula is C12H23N5O5S. The molecule has 132 valence electrons. The molecule has 0 aromatic rings. The number of rotatable bonds is 4. The largest absolute Gasteiger partial charge is 0.379 e. The summed E-state index contributed by atoms with van der Waals surface area (Å²) in [6.07, 6.45) is 0. The summed E-state index contributed by atoms with van der Waals surface area (Å²) in [6.45, 7) is 4.62. The normalized spacial score (nSPS) is 23.3. The highest BCUT2D eigenvalue weighted by Gasteiger charge is 2.35. The highest BCUT2D eigenvalue weighted by atomic mass is 32.2. The Labute approximate surface area is 135 Å². The molecule has 3 amide bonds. The summed E-state index contributed by atoms with van der Waals surface area (Å²) in [5.74, 6) is -0.484. The van der Waals surface area contributed by atoms with Crippen molar-refractivity contribution < 1.29 is 22.7 Å². The second-order valence-electron chi connectivity index (χ2n) is 5.48. The zero-order valence-corrected chi connectivity index (χ0v) is 13.9. The highest BCUT2D eigenvalue weighted by Crippen LogP contribution is 2.15. The van der Waals surface area contributed by atoms with E-state index in [1.165, 1.54) is 8.61 Å². The third-order valence-corrected chi connectivity index (χ3v) is 6.10. The van der Waals surface area contributed by atoms with E-state index in [9.17, 15) is 18.0 Å². The Morgan fingerprint density at radius 3 is 2.09 bits per heavy atom. The van der Waals surface area contributed by atoms with E-state index in [0.29, 0.717) is 52.5 Å². The van der Waals surface area contributed by atoms with E-state index < -0.39 is 28.2 Å². The van der Waals surface area contributed by atoms with Crippen LogP contribution in [0.2, 0.25) is 0 Å². The lowest BCUT2D eigenvalue weighted by atomic mass is 10.2. The van der Waals surface area contributed by atoms with Crippen molar-refractivity contribution in [3.8, 4) is 0 Å². The fourth-order valence-corrected chi connectivity index (χ4v) is 4.22. The number of primary amides is 1. The first-order chi connectivity index (χ1) is 10.8. The molecule has 0 radical (unpaired) electrons. The van der Waals surface area contributed by atoms with Gasteiger partial charge in [-0.3, -0.25) is 15.0 Å². The van der Waals surface area contributed by atoms with Crippen LogP contribution in [0.4, 0.5) is 4.79 Å². The first-order valence-electron chi connectivity index (χ1n) is 7.49. The second kappa shape index (κ2) is 7.53. The lowest BCUT2D eigenvalue weighted by molar-refractivity contribution is -0.125. The Morgan fingerprint density at radius 2 is 1.57 bits per heavy atom. The number of nitrogens with zero attached hydrogens (tertiary/aromatic N) is 3. The molecule has 23 heavy (non-hydrogen) atoms. The van der Waals surface area contributed by atoms with Crippen LogP contribution in [0.1, 0.15) is 6.92 Å². The maximum Gasteiger partial charge on any atom is 0.318 e. The van der Waals surface area contributed by atoms with Crippen molar-refractivity contribution in [1.29, 1.82) is 0 Å². The van der Waals surface area contributed by atoms with Gasteiger partial charge in [-0.1, -0.05) is 0 Å². The number of urea groups is 1. The van der Waals surface area contributed by atoms with Crippen molar-refractivity contribution in [3.05, 3.63) is 0 Å². The van der Waals surface area contributed by atoms with Gasteiger partial charge in [0.15, 0.2) is 0 Å². The van der Waals surface area contributed by atoms with Gasteiger partial charge in [0.05, 0.1) is 19.3 Å². The Balaban J connectivity index is 1.90. The molecule has 0 aromatic carbocycles. The molecule has 0 aliphatic carbocycles. The van der Waals surface area contributed by atoms with Crippen LogP contribution >= 0.6 is 0 Å². The van der Waals surface area contributed by atoms with E-state index in [1.54, 1.807) is 6.92 Å². The number of morpholine rings is 1. The number of amides is 3. The molecule has 2 fully saturated rings. The topological polar surface area (TPSA) is 125 Å². The number of carbonyl (C=O) groups excluding carboxylic acids is 2. The number of nitrogens with one attached hydrogen (secondary N) is 1. The van der Waals surface area contributed by atoms with Gasteiger partial charge in [0.25, 0.3) is 10.2 Å². The number of ether oxygens (including phenoxy) is 1. The molecule has 2 saturated heterocycles. The van der Waals surface area contributed by atoms with Crippen LogP contribution in [0.5, 0.6) is 0 Å². The van der Waals surface area contributed by atoms with Gasteiger partial charge in [-0.15, -0.1) is 0 Å². The maximum absolute atomic E-state index is 12.5. The van der Waals surface area contributed by atoms with Crippen LogP contribution in [0.25, 0.3) is 0 Å². The van der Waals surface area contributed by atoms with Gasteiger partial charge in [-0.05, 0) is 6.92 Å². The lowest BCUT2D eigenvalue weighted by Gasteiger charge is -2.39. The summed E-state index contributed by atoms with van der Waals surface area (Å²) in [6, 6.07) is -1.44. The van der Waals surface area contributed by atoms with Crippen LogP contribution in [0, 0.1) is 0 Å². The molecular weight excluding hydrogens is 326 g/mol. The monoisotopic (exact) mass is 349 g/mol. The van der Waals surface area contributed by atoms with Crippen molar-refractivity contribution in [3.63, 3.8) is 0 Å². The van der Waals surface area contributed by atoms with Gasteiger partial charge in [0.1, 0.15) is 0 Å². The fourth-order valence-electron chi connectivity index (χ4n) is 2.65. The number of carbonyl (C=O) groups is 2. The Hall–Kier alpha value is -1.27. The molecule has 0 aromatic heterocycles. The third kappa shape index (κ3) is 4.38. The molecule has 0 saturated carbocycles. The van der Waals surface area contributed by atoms with Crippen LogP contribution < -0.4 is 11.1 Å². The molecule has 2 aliphatic heterocycles. The minimum Gasteiger partial charge on any atom is -0.379 e. The number of hydrogen-bond donors (Lipinski definition) is 2. The molecule has 2 heterocycles. The summed E-state index contributed by atoms with van der Waals surface area (Å²) in [4.78, 5) is 24.3. The highest BCUT2D eigenvalue weighted by molar-refractivity contribution is 7.86. The van der Waals surface area contributed by atoms with Crippen LogP contribution in [0.3, 0.4) is 0 Å². The fraction of sp³-hybridized carbons (Fsp3) is 0.833. The van der Waals surface area contributed by atoms with E-state index in [1.807, 2.05) is 10.2 Å². The Morgan fingerprint density at radius 1 is 1.04 bits per heavy atom. The molecule has 10 nitrogen and oxygen atoms in total. The minimum absolute atomic E-state index is 0.299. The number of imide groups is 1. The van der Waals surface area contributed by atoms with Gasteiger partial charge in [-0.25, -0.2) is 4.79 Å². The third-order valence-electron chi connectivity index (χ3n) is 4.07. The molecule has 0 bridgehead atoms. The predicted molar refractivity (Wildman–Crippen MR) is 81.6 cm³/mol. The quantitative estimate of drug-likeness (QED) is 0.591. The van der Waals surface area contributed by atoms with Gasteiger partial charge in [0.2, 0.25) is 5.91 Å². The van der Waals surface area contributed by atoms with Gasteiger partial charge < -0.3 is 10.5 Å². The van der Waals surface area contributed by atoms with Crippen molar-refractivity contribution in [2.24, 2.45) is 5.73 Å². The molecule has 2 aliphatic rings. The van der Waals surface area contributed by atoms with Gasteiger partial charge in [-0.2, -0.15) is 17.0 Å². The molecule has 0 spiro atoms. The summed E-state index contributed by atoms with van der Waals surface area (Å²) < 4.78 is 33.1. The average Bonchev–Trinajstić information content (AvgIpc) is 2.54. The van der Waals surface area contributed by atoms with Crippen LogP contribution in [-0.2, 0) is 19.7 Å². The molecule has 3 N–H and O–H groups in total. The van der Waals surface area contributed by atoms with Crippen molar-refractivity contribution in [2.75, 3.05) is 52.5 Å². The second-order valence-corrected chi connectivity index (χ2v) is 7.41. The standard InChI is InChI=1S/C12H23N5O5S/c1-10(11(18)14-12(13)19)15-2-4-16(5-3-15)23(20,21)17-6-8-22-9-7-17/h10H,2-9H2,1H3,(H3,13,14,18,19)/t10-/m1/s1. The maximum atomic E-state index is 12.5.